The van der Waals surface area contributed by atoms with Gasteiger partial charge in [0, 0.05) is 0 Å². The molecular formula is C13H26. The Labute approximate surface area is 84.1 Å². The molecule has 2 fully saturated rings. The van der Waals surface area contributed by atoms with E-state index in [2.05, 4.69) is 27.7 Å². The molecule has 2 aliphatic rings. The molecule has 0 aromatic carbocycles. The molecule has 0 saturated heterocycles. The van der Waals surface area contributed by atoms with Crippen molar-refractivity contribution in [1.29, 1.82) is 0 Å². The molecule has 4 unspecified atom stereocenters. The fraction of sp³-hybridized carbons (Fsp3) is 1.00. The molecule has 2 saturated carbocycles. The van der Waals surface area contributed by atoms with E-state index in [4.69, 9.17) is 0 Å². The van der Waals surface area contributed by atoms with E-state index in [0.29, 0.717) is 0 Å². The van der Waals surface area contributed by atoms with Gasteiger partial charge in [-0.15, -0.1) is 0 Å². The van der Waals surface area contributed by atoms with Gasteiger partial charge in [-0.1, -0.05) is 47.0 Å². The lowest BCUT2D eigenvalue weighted by Crippen LogP contribution is -2.41. The van der Waals surface area contributed by atoms with Crippen LogP contribution in [0.15, 0.2) is 0 Å². The molecule has 0 spiro atoms. The standard InChI is InChI=1S/C10H18.C3H8/c1-3-8-7(2)9-5-4-6-10(8)9;1-3-2/h7-10H,3-6H2,1-2H3;3H2,1-2H3. The highest BCUT2D eigenvalue weighted by atomic mass is 14.5. The molecule has 0 aliphatic heterocycles. The van der Waals surface area contributed by atoms with E-state index in [1.54, 1.807) is 12.8 Å². The number of rotatable bonds is 1. The monoisotopic (exact) mass is 182 g/mol. The Balaban J connectivity index is 0.000000251. The average Bonchev–Trinajstić information content (AvgIpc) is 2.51. The largest absolute Gasteiger partial charge is 0.0656 e. The van der Waals surface area contributed by atoms with Gasteiger partial charge in [0.25, 0.3) is 0 Å². The van der Waals surface area contributed by atoms with Crippen LogP contribution in [-0.2, 0) is 0 Å². The van der Waals surface area contributed by atoms with Gasteiger partial charge in [0.15, 0.2) is 0 Å². The summed E-state index contributed by atoms with van der Waals surface area (Å²) in [5.41, 5.74) is 0. The van der Waals surface area contributed by atoms with Gasteiger partial charge in [-0.3, -0.25) is 0 Å². The van der Waals surface area contributed by atoms with Crippen LogP contribution in [0.2, 0.25) is 0 Å². The Morgan fingerprint density at radius 2 is 1.54 bits per heavy atom. The highest BCUT2D eigenvalue weighted by Crippen LogP contribution is 2.56. The van der Waals surface area contributed by atoms with Gasteiger partial charge in [-0.05, 0) is 36.5 Å². The average molecular weight is 182 g/mol. The number of fused-ring (bicyclic) bond motifs is 1. The second-order valence-corrected chi connectivity index (χ2v) is 4.90. The SMILES string of the molecule is CCC.CCC1C(C)C2CCCC12. The maximum atomic E-state index is 2.46. The second-order valence-electron chi connectivity index (χ2n) is 4.90. The predicted octanol–water partition coefficient (Wildman–Crippen LogP) is 4.49. The van der Waals surface area contributed by atoms with Crippen LogP contribution in [0, 0.1) is 23.7 Å². The Kier molecular flexibility index (Phi) is 4.28. The third kappa shape index (κ3) is 2.08. The third-order valence-corrected chi connectivity index (χ3v) is 4.00. The Hall–Kier alpha value is 0. The molecule has 0 aromatic heterocycles. The molecule has 2 rings (SSSR count). The molecule has 0 heterocycles. The lowest BCUT2D eigenvalue weighted by molar-refractivity contribution is 0.0133. The van der Waals surface area contributed by atoms with Crippen LogP contribution < -0.4 is 0 Å². The summed E-state index contributed by atoms with van der Waals surface area (Å²) in [7, 11) is 0. The van der Waals surface area contributed by atoms with E-state index in [9.17, 15) is 0 Å². The molecular weight excluding hydrogens is 156 g/mol. The lowest BCUT2D eigenvalue weighted by Gasteiger charge is -2.47. The minimum absolute atomic E-state index is 1.07. The molecule has 2 aliphatic carbocycles. The molecule has 0 radical (unpaired) electrons. The maximum absolute atomic E-state index is 2.46. The van der Waals surface area contributed by atoms with E-state index >= 15 is 0 Å². The highest BCUT2D eigenvalue weighted by Gasteiger charge is 2.48. The summed E-state index contributed by atoms with van der Waals surface area (Å²) >= 11 is 0. The summed E-state index contributed by atoms with van der Waals surface area (Å²) in [5.74, 6) is 4.47. The first kappa shape index (κ1) is 11.1. The normalized spacial score (nSPS) is 41.5. The van der Waals surface area contributed by atoms with Crippen LogP contribution in [0.4, 0.5) is 0 Å². The van der Waals surface area contributed by atoms with Gasteiger partial charge >= 0.3 is 0 Å². The van der Waals surface area contributed by atoms with Crippen molar-refractivity contribution in [2.75, 3.05) is 0 Å². The van der Waals surface area contributed by atoms with Crippen molar-refractivity contribution in [3.05, 3.63) is 0 Å². The van der Waals surface area contributed by atoms with Gasteiger partial charge in [-0.25, -0.2) is 0 Å². The highest BCUT2D eigenvalue weighted by molar-refractivity contribution is 4.97. The summed E-state index contributed by atoms with van der Waals surface area (Å²) in [4.78, 5) is 0. The summed E-state index contributed by atoms with van der Waals surface area (Å²) in [6.07, 6.45) is 7.30. The quantitative estimate of drug-likeness (QED) is 0.560. The van der Waals surface area contributed by atoms with Crippen LogP contribution >= 0.6 is 0 Å². The molecule has 13 heavy (non-hydrogen) atoms. The Morgan fingerprint density at radius 1 is 1.00 bits per heavy atom. The van der Waals surface area contributed by atoms with Gasteiger partial charge in [0.05, 0.1) is 0 Å². The summed E-state index contributed by atoms with van der Waals surface area (Å²) < 4.78 is 0. The van der Waals surface area contributed by atoms with Crippen LogP contribution in [0.1, 0.15) is 59.8 Å². The maximum Gasteiger partial charge on any atom is -0.0352 e. The fourth-order valence-electron chi connectivity index (χ4n) is 3.44. The minimum atomic E-state index is 1.07. The van der Waals surface area contributed by atoms with Crippen molar-refractivity contribution in [2.24, 2.45) is 23.7 Å². The van der Waals surface area contributed by atoms with Crippen molar-refractivity contribution in [3.8, 4) is 0 Å². The smallest absolute Gasteiger partial charge is 0.0352 e. The number of hydrogen-bond acceptors (Lipinski definition) is 0. The van der Waals surface area contributed by atoms with E-state index in [1.807, 2.05) is 0 Å². The predicted molar refractivity (Wildman–Crippen MR) is 59.7 cm³/mol. The zero-order valence-corrected chi connectivity index (χ0v) is 9.84. The zero-order chi connectivity index (χ0) is 9.84. The molecule has 0 heteroatoms. The first-order valence-corrected chi connectivity index (χ1v) is 6.26. The lowest BCUT2D eigenvalue weighted by atomic mass is 9.58. The van der Waals surface area contributed by atoms with Gasteiger partial charge in [-0.2, -0.15) is 0 Å². The van der Waals surface area contributed by atoms with Crippen molar-refractivity contribution < 1.29 is 0 Å². The summed E-state index contributed by atoms with van der Waals surface area (Å²) in [5, 5.41) is 0. The van der Waals surface area contributed by atoms with Crippen LogP contribution in [0.5, 0.6) is 0 Å². The van der Waals surface area contributed by atoms with E-state index in [1.165, 1.54) is 19.3 Å². The third-order valence-electron chi connectivity index (χ3n) is 4.00. The van der Waals surface area contributed by atoms with Crippen LogP contribution in [-0.4, -0.2) is 0 Å². The zero-order valence-electron chi connectivity index (χ0n) is 9.84. The summed E-state index contributed by atoms with van der Waals surface area (Å²) in [6.45, 7) is 9.07. The van der Waals surface area contributed by atoms with Crippen LogP contribution in [0.3, 0.4) is 0 Å². The van der Waals surface area contributed by atoms with E-state index < -0.39 is 0 Å². The molecule has 0 nitrogen and oxygen atoms in total. The molecule has 0 amide bonds. The second kappa shape index (κ2) is 5.02. The molecule has 78 valence electrons. The van der Waals surface area contributed by atoms with E-state index in [0.717, 1.165) is 23.7 Å². The molecule has 0 bridgehead atoms. The van der Waals surface area contributed by atoms with Crippen molar-refractivity contribution in [1.82, 2.24) is 0 Å². The molecule has 0 N–H and O–H groups in total. The van der Waals surface area contributed by atoms with E-state index in [-0.39, 0.29) is 0 Å². The van der Waals surface area contributed by atoms with Gasteiger partial charge in [0.1, 0.15) is 0 Å². The van der Waals surface area contributed by atoms with Crippen molar-refractivity contribution in [2.45, 2.75) is 59.8 Å². The topological polar surface area (TPSA) is 0 Å². The fourth-order valence-corrected chi connectivity index (χ4v) is 3.44. The first-order valence-electron chi connectivity index (χ1n) is 6.26. The Bertz CT molecular complexity index is 139. The van der Waals surface area contributed by atoms with Crippen molar-refractivity contribution in [3.63, 3.8) is 0 Å². The van der Waals surface area contributed by atoms with Crippen LogP contribution in [0.25, 0.3) is 0 Å². The Morgan fingerprint density at radius 3 is 2.08 bits per heavy atom. The molecule has 4 atom stereocenters. The van der Waals surface area contributed by atoms with Gasteiger partial charge < -0.3 is 0 Å². The number of hydrogen-bond donors (Lipinski definition) is 0. The molecule has 0 aromatic rings. The van der Waals surface area contributed by atoms with Crippen molar-refractivity contribution >= 4 is 0 Å². The van der Waals surface area contributed by atoms with Gasteiger partial charge in [0.2, 0.25) is 0 Å². The summed E-state index contributed by atoms with van der Waals surface area (Å²) in [6, 6.07) is 0. The minimum Gasteiger partial charge on any atom is -0.0656 e. The first-order chi connectivity index (χ1) is 6.26.